The lowest BCUT2D eigenvalue weighted by Crippen LogP contribution is -2.53. The summed E-state index contributed by atoms with van der Waals surface area (Å²) in [4.78, 5) is 29.1. The molecular weight excluding hydrogens is 538 g/mol. The standard InChI is InChI=1S/C32H41N3O5S/c1-7-25(5)33-32(37)30(8-2)34(21-26-10-9-11-28(20-26)40-6)31(36)22-35(27-16-12-23(3)13-17-27)41(38,39)29-18-14-24(4)15-19-29/h9-20,25,30H,7-8,21-22H2,1-6H3,(H,33,37)/t25-,30-/m0/s1. The maximum absolute atomic E-state index is 14.2. The van der Waals surface area contributed by atoms with Crippen LogP contribution in [0.2, 0.25) is 0 Å². The summed E-state index contributed by atoms with van der Waals surface area (Å²) in [5.74, 6) is -0.146. The van der Waals surface area contributed by atoms with Crippen molar-refractivity contribution in [2.45, 2.75) is 71.0 Å². The first kappa shape index (κ1) is 31.7. The number of carbonyl (C=O) groups excluding carboxylic acids is 2. The first-order chi connectivity index (χ1) is 19.5. The maximum Gasteiger partial charge on any atom is 0.264 e. The molecule has 1 N–H and O–H groups in total. The predicted octanol–water partition coefficient (Wildman–Crippen LogP) is 5.23. The number of rotatable bonds is 13. The summed E-state index contributed by atoms with van der Waals surface area (Å²) in [5.41, 5.74) is 3.00. The molecular formula is C32H41N3O5S. The fraction of sp³-hybridized carbons (Fsp3) is 0.375. The number of benzene rings is 3. The zero-order valence-corrected chi connectivity index (χ0v) is 25.6. The van der Waals surface area contributed by atoms with Crippen LogP contribution < -0.4 is 14.4 Å². The summed E-state index contributed by atoms with van der Waals surface area (Å²) >= 11 is 0. The molecule has 3 aromatic carbocycles. The highest BCUT2D eigenvalue weighted by Crippen LogP contribution is 2.26. The Balaban J connectivity index is 2.06. The fourth-order valence-electron chi connectivity index (χ4n) is 4.41. The lowest BCUT2D eigenvalue weighted by Gasteiger charge is -2.33. The third-order valence-corrected chi connectivity index (χ3v) is 8.87. The number of anilines is 1. The Hall–Kier alpha value is -3.85. The van der Waals surface area contributed by atoms with Crippen LogP contribution >= 0.6 is 0 Å². The molecule has 8 nitrogen and oxygen atoms in total. The highest BCUT2D eigenvalue weighted by atomic mass is 32.2. The average Bonchev–Trinajstić information content (AvgIpc) is 2.96. The lowest BCUT2D eigenvalue weighted by atomic mass is 10.1. The molecule has 3 rings (SSSR count). The molecule has 0 bridgehead atoms. The van der Waals surface area contributed by atoms with Gasteiger partial charge in [0, 0.05) is 12.6 Å². The quantitative estimate of drug-likeness (QED) is 0.299. The van der Waals surface area contributed by atoms with Gasteiger partial charge in [-0.25, -0.2) is 8.42 Å². The number of sulfonamides is 1. The fourth-order valence-corrected chi connectivity index (χ4v) is 5.82. The normalized spacial score (nSPS) is 12.7. The molecule has 0 radical (unpaired) electrons. The monoisotopic (exact) mass is 579 g/mol. The van der Waals surface area contributed by atoms with Crippen molar-refractivity contribution in [1.82, 2.24) is 10.2 Å². The molecule has 0 saturated heterocycles. The summed E-state index contributed by atoms with van der Waals surface area (Å²) in [7, 11) is -2.54. The average molecular weight is 580 g/mol. The number of carbonyl (C=O) groups is 2. The van der Waals surface area contributed by atoms with E-state index in [9.17, 15) is 18.0 Å². The van der Waals surface area contributed by atoms with Crippen molar-refractivity contribution in [3.05, 3.63) is 89.5 Å². The van der Waals surface area contributed by atoms with Crippen molar-refractivity contribution in [2.75, 3.05) is 18.0 Å². The third-order valence-electron chi connectivity index (χ3n) is 7.08. The van der Waals surface area contributed by atoms with E-state index in [0.717, 1.165) is 27.4 Å². The zero-order valence-electron chi connectivity index (χ0n) is 24.8. The lowest BCUT2D eigenvalue weighted by molar-refractivity contribution is -0.140. The molecule has 0 heterocycles. The van der Waals surface area contributed by atoms with Gasteiger partial charge < -0.3 is 15.0 Å². The summed E-state index contributed by atoms with van der Waals surface area (Å²) in [6, 6.07) is 19.9. The molecule has 0 spiro atoms. The van der Waals surface area contributed by atoms with E-state index in [1.165, 1.54) is 4.90 Å². The molecule has 0 aliphatic carbocycles. The van der Waals surface area contributed by atoms with Gasteiger partial charge in [-0.1, -0.05) is 61.4 Å². The van der Waals surface area contributed by atoms with Crippen molar-refractivity contribution < 1.29 is 22.7 Å². The van der Waals surface area contributed by atoms with E-state index in [1.807, 2.05) is 46.8 Å². The van der Waals surface area contributed by atoms with Gasteiger partial charge in [-0.05, 0) is 75.6 Å². The second-order valence-electron chi connectivity index (χ2n) is 10.3. The Morgan fingerprint density at radius 2 is 1.51 bits per heavy atom. The number of ether oxygens (including phenoxy) is 1. The highest BCUT2D eigenvalue weighted by Gasteiger charge is 2.34. The van der Waals surface area contributed by atoms with Gasteiger partial charge >= 0.3 is 0 Å². The van der Waals surface area contributed by atoms with Gasteiger partial charge in [0.25, 0.3) is 10.0 Å². The Morgan fingerprint density at radius 3 is 2.07 bits per heavy atom. The van der Waals surface area contributed by atoms with Crippen molar-refractivity contribution >= 4 is 27.5 Å². The van der Waals surface area contributed by atoms with Crippen LogP contribution in [0.3, 0.4) is 0 Å². The smallest absolute Gasteiger partial charge is 0.264 e. The van der Waals surface area contributed by atoms with Crippen LogP contribution in [0.15, 0.2) is 77.7 Å². The van der Waals surface area contributed by atoms with E-state index >= 15 is 0 Å². The molecule has 3 aromatic rings. The number of hydrogen-bond donors (Lipinski definition) is 1. The molecule has 9 heteroatoms. The van der Waals surface area contributed by atoms with Gasteiger partial charge in [0.05, 0.1) is 17.7 Å². The van der Waals surface area contributed by atoms with Crippen LogP contribution in [0.1, 0.15) is 50.3 Å². The number of methoxy groups -OCH3 is 1. The maximum atomic E-state index is 14.2. The largest absolute Gasteiger partial charge is 0.497 e. The van der Waals surface area contributed by atoms with E-state index in [2.05, 4.69) is 5.32 Å². The molecule has 2 amide bonds. The van der Waals surface area contributed by atoms with Gasteiger partial charge in [0.15, 0.2) is 0 Å². The van der Waals surface area contributed by atoms with Gasteiger partial charge in [0.2, 0.25) is 11.8 Å². The molecule has 0 aromatic heterocycles. The van der Waals surface area contributed by atoms with E-state index in [0.29, 0.717) is 17.9 Å². The second-order valence-corrected chi connectivity index (χ2v) is 12.1. The SMILES string of the molecule is CC[C@H](C)NC(=O)[C@H](CC)N(Cc1cccc(OC)c1)C(=O)CN(c1ccc(C)cc1)S(=O)(=O)c1ccc(C)cc1. The van der Waals surface area contributed by atoms with Crippen LogP contribution in [0.4, 0.5) is 5.69 Å². The van der Waals surface area contributed by atoms with Crippen molar-refractivity contribution in [1.29, 1.82) is 0 Å². The van der Waals surface area contributed by atoms with E-state index in [4.69, 9.17) is 4.74 Å². The summed E-state index contributed by atoms with van der Waals surface area (Å²) in [6.45, 7) is 9.14. The Morgan fingerprint density at radius 1 is 0.902 bits per heavy atom. The molecule has 41 heavy (non-hydrogen) atoms. The van der Waals surface area contributed by atoms with Gasteiger partial charge in [-0.3, -0.25) is 13.9 Å². The van der Waals surface area contributed by atoms with Crippen molar-refractivity contribution in [3.8, 4) is 5.75 Å². The van der Waals surface area contributed by atoms with Crippen molar-refractivity contribution in [3.63, 3.8) is 0 Å². The topological polar surface area (TPSA) is 96.0 Å². The van der Waals surface area contributed by atoms with E-state index in [-0.39, 0.29) is 23.4 Å². The van der Waals surface area contributed by atoms with Gasteiger partial charge in [0.1, 0.15) is 18.3 Å². The molecule has 0 aliphatic rings. The number of hydrogen-bond acceptors (Lipinski definition) is 5. The van der Waals surface area contributed by atoms with E-state index in [1.54, 1.807) is 67.8 Å². The molecule has 0 unspecified atom stereocenters. The predicted molar refractivity (Wildman–Crippen MR) is 162 cm³/mol. The van der Waals surface area contributed by atoms with Gasteiger partial charge in [-0.2, -0.15) is 0 Å². The minimum Gasteiger partial charge on any atom is -0.497 e. The van der Waals surface area contributed by atoms with Crippen LogP contribution in [0.5, 0.6) is 5.75 Å². The zero-order chi connectivity index (χ0) is 30.2. The summed E-state index contributed by atoms with van der Waals surface area (Å²) in [6.07, 6.45) is 1.09. The highest BCUT2D eigenvalue weighted by molar-refractivity contribution is 7.92. The molecule has 2 atom stereocenters. The second kappa shape index (κ2) is 14.2. The first-order valence-corrected chi connectivity index (χ1v) is 15.3. The van der Waals surface area contributed by atoms with Crippen LogP contribution in [0, 0.1) is 13.8 Å². The van der Waals surface area contributed by atoms with E-state index < -0.39 is 28.5 Å². The Labute approximate surface area is 244 Å². The number of nitrogens with zero attached hydrogens (tertiary/aromatic N) is 2. The number of aryl methyl sites for hydroxylation is 2. The molecule has 0 saturated carbocycles. The minimum atomic E-state index is -4.11. The molecule has 220 valence electrons. The van der Waals surface area contributed by atoms with Crippen LogP contribution in [-0.2, 0) is 26.2 Å². The third kappa shape index (κ3) is 8.10. The number of amides is 2. The Bertz CT molecular complexity index is 1420. The van der Waals surface area contributed by atoms with Crippen LogP contribution in [0.25, 0.3) is 0 Å². The molecule has 0 fully saturated rings. The summed E-state index contributed by atoms with van der Waals surface area (Å²) in [5, 5.41) is 2.99. The van der Waals surface area contributed by atoms with Crippen molar-refractivity contribution in [2.24, 2.45) is 0 Å². The van der Waals surface area contributed by atoms with Crippen LogP contribution in [-0.4, -0.2) is 50.9 Å². The molecule has 0 aliphatic heterocycles. The first-order valence-electron chi connectivity index (χ1n) is 13.9. The Kier molecular flexibility index (Phi) is 10.9. The minimum absolute atomic E-state index is 0.0729. The number of nitrogens with one attached hydrogen (secondary N) is 1. The van der Waals surface area contributed by atoms with Gasteiger partial charge in [-0.15, -0.1) is 0 Å². The summed E-state index contributed by atoms with van der Waals surface area (Å²) < 4.78 is 34.4.